The Labute approximate surface area is 77.0 Å². The zero-order chi connectivity index (χ0) is 10.1. The van der Waals surface area contributed by atoms with Crippen LogP contribution in [0.2, 0.25) is 0 Å². The number of nitriles is 1. The lowest BCUT2D eigenvalue weighted by molar-refractivity contribution is 0.0394. The molecule has 0 aliphatic heterocycles. The zero-order valence-corrected chi connectivity index (χ0v) is 7.69. The number of nitrogens with zero attached hydrogens (tertiary/aromatic N) is 2. The number of rotatable bonds is 6. The summed E-state index contributed by atoms with van der Waals surface area (Å²) in [6.07, 6.45) is 2.74. The van der Waals surface area contributed by atoms with Gasteiger partial charge in [-0.3, -0.25) is 0 Å². The van der Waals surface area contributed by atoms with E-state index in [4.69, 9.17) is 10.00 Å². The normalized spacial score (nSPS) is 13.6. The fraction of sp³-hybridized carbons (Fsp3) is 0.750. The molecule has 2 unspecified atom stereocenters. The number of hydrogen-bond acceptors (Lipinski definition) is 5. The second-order valence-electron chi connectivity index (χ2n) is 2.63. The van der Waals surface area contributed by atoms with Gasteiger partial charge < -0.3 is 9.47 Å². The Morgan fingerprint density at radius 3 is 2.69 bits per heavy atom. The van der Waals surface area contributed by atoms with Crippen LogP contribution in [-0.2, 0) is 14.3 Å². The third-order valence-electron chi connectivity index (χ3n) is 1.24. The predicted octanol–water partition coefficient (Wildman–Crippen LogP) is 0.613. The van der Waals surface area contributed by atoms with Crippen molar-refractivity contribution in [3.05, 3.63) is 0 Å². The third kappa shape index (κ3) is 7.01. The van der Waals surface area contributed by atoms with Crippen molar-refractivity contribution >= 4 is 6.08 Å². The van der Waals surface area contributed by atoms with Crippen LogP contribution < -0.4 is 0 Å². The largest absolute Gasteiger partial charge is 0.422 e. The molecule has 0 spiro atoms. The first-order chi connectivity index (χ1) is 6.20. The molecule has 0 saturated carbocycles. The van der Waals surface area contributed by atoms with Crippen LogP contribution >= 0.6 is 0 Å². The predicted molar refractivity (Wildman–Crippen MR) is 44.6 cm³/mol. The van der Waals surface area contributed by atoms with Gasteiger partial charge in [0.1, 0.15) is 6.10 Å². The molecule has 5 nitrogen and oxygen atoms in total. The van der Waals surface area contributed by atoms with Gasteiger partial charge in [-0.2, -0.15) is 5.26 Å². The van der Waals surface area contributed by atoms with Crippen LogP contribution in [0.15, 0.2) is 4.99 Å². The quantitative estimate of drug-likeness (QED) is 0.344. The van der Waals surface area contributed by atoms with E-state index in [9.17, 15) is 4.79 Å². The molecule has 0 aromatic heterocycles. The summed E-state index contributed by atoms with van der Waals surface area (Å²) in [5.74, 6) is 0. The van der Waals surface area contributed by atoms with Crippen LogP contribution in [0.5, 0.6) is 0 Å². The van der Waals surface area contributed by atoms with Crippen LogP contribution in [0.4, 0.5) is 0 Å². The maximum atomic E-state index is 9.80. The average molecular weight is 184 g/mol. The molecule has 0 aliphatic rings. The summed E-state index contributed by atoms with van der Waals surface area (Å²) in [4.78, 5) is 13.2. The minimum atomic E-state index is -0.266. The lowest BCUT2D eigenvalue weighted by atomic mass is 10.4. The number of aliphatic imine (C=N–C) groups is 1. The molecule has 0 amide bonds. The zero-order valence-electron chi connectivity index (χ0n) is 7.69. The molecular weight excluding hydrogens is 172 g/mol. The van der Waals surface area contributed by atoms with Crippen molar-refractivity contribution in [2.45, 2.75) is 26.0 Å². The molecule has 0 aromatic rings. The van der Waals surface area contributed by atoms with E-state index in [1.54, 1.807) is 20.1 Å². The van der Waals surface area contributed by atoms with Crippen molar-refractivity contribution in [2.24, 2.45) is 4.99 Å². The van der Waals surface area contributed by atoms with Gasteiger partial charge in [-0.15, -0.1) is 0 Å². The highest BCUT2D eigenvalue weighted by Crippen LogP contribution is 1.94. The van der Waals surface area contributed by atoms with Gasteiger partial charge in [0.05, 0.1) is 19.3 Å². The highest BCUT2D eigenvalue weighted by Gasteiger charge is 2.04. The lowest BCUT2D eigenvalue weighted by Crippen LogP contribution is -2.17. The fourth-order valence-corrected chi connectivity index (χ4v) is 0.656. The molecule has 0 fully saturated rings. The van der Waals surface area contributed by atoms with Gasteiger partial charge in [-0.25, -0.2) is 9.79 Å². The summed E-state index contributed by atoms with van der Waals surface area (Å²) in [6, 6.07) is -0.202. The average Bonchev–Trinajstić information content (AvgIpc) is 2.05. The van der Waals surface area contributed by atoms with E-state index < -0.39 is 0 Å². The summed E-state index contributed by atoms with van der Waals surface area (Å²) in [5, 5.41) is 8.13. The van der Waals surface area contributed by atoms with Gasteiger partial charge in [0.2, 0.25) is 6.08 Å². The van der Waals surface area contributed by atoms with Crippen LogP contribution in [0, 0.1) is 11.5 Å². The SMILES string of the molecule is CC(COCC(C)OC#N)N=C=O. The molecule has 13 heavy (non-hydrogen) atoms. The van der Waals surface area contributed by atoms with Gasteiger partial charge >= 0.3 is 0 Å². The standard InChI is InChI=1S/C8H12N2O3/c1-7(10-6-11)3-12-4-8(2)13-5-9/h7-8H,3-4H2,1-2H3. The number of isocyanates is 1. The second kappa shape index (κ2) is 7.29. The van der Waals surface area contributed by atoms with Gasteiger partial charge in [-0.1, -0.05) is 0 Å². The molecule has 72 valence electrons. The van der Waals surface area contributed by atoms with E-state index in [0.29, 0.717) is 13.2 Å². The van der Waals surface area contributed by atoms with E-state index in [1.165, 1.54) is 6.08 Å². The Bertz CT molecular complexity index is 218. The Morgan fingerprint density at radius 2 is 2.15 bits per heavy atom. The molecule has 0 saturated heterocycles. The summed E-state index contributed by atoms with van der Waals surface area (Å²) in [7, 11) is 0. The van der Waals surface area contributed by atoms with Gasteiger partial charge in [0.15, 0.2) is 0 Å². The van der Waals surface area contributed by atoms with E-state index in [-0.39, 0.29) is 12.1 Å². The highest BCUT2D eigenvalue weighted by molar-refractivity contribution is 5.33. The summed E-state index contributed by atoms with van der Waals surface area (Å²) in [6.45, 7) is 4.10. The molecule has 5 heteroatoms. The monoisotopic (exact) mass is 184 g/mol. The van der Waals surface area contributed by atoms with Gasteiger partial charge in [0, 0.05) is 0 Å². The fourth-order valence-electron chi connectivity index (χ4n) is 0.656. The maximum Gasteiger partial charge on any atom is 0.286 e. The van der Waals surface area contributed by atoms with Gasteiger partial charge in [0.25, 0.3) is 6.26 Å². The topological polar surface area (TPSA) is 71.7 Å². The maximum absolute atomic E-state index is 9.80. The Kier molecular flexibility index (Phi) is 6.52. The van der Waals surface area contributed by atoms with Gasteiger partial charge in [-0.05, 0) is 13.8 Å². The first-order valence-corrected chi connectivity index (χ1v) is 3.90. The number of hydrogen-bond donors (Lipinski definition) is 0. The number of carbonyl (C=O) groups excluding carboxylic acids is 1. The van der Waals surface area contributed by atoms with Crippen LogP contribution in [0.25, 0.3) is 0 Å². The minimum Gasteiger partial charge on any atom is -0.422 e. The Hall–Kier alpha value is -1.37. The molecule has 0 bridgehead atoms. The van der Waals surface area contributed by atoms with Crippen molar-refractivity contribution in [3.63, 3.8) is 0 Å². The second-order valence-corrected chi connectivity index (χ2v) is 2.63. The van der Waals surface area contributed by atoms with E-state index in [0.717, 1.165) is 0 Å². The van der Waals surface area contributed by atoms with Crippen LogP contribution in [0.1, 0.15) is 13.8 Å². The van der Waals surface area contributed by atoms with E-state index >= 15 is 0 Å². The van der Waals surface area contributed by atoms with Crippen molar-refractivity contribution in [2.75, 3.05) is 13.2 Å². The molecule has 0 aromatic carbocycles. The Balaban J connectivity index is 3.45. The molecule has 0 heterocycles. The summed E-state index contributed by atoms with van der Waals surface area (Å²) < 4.78 is 9.67. The summed E-state index contributed by atoms with van der Waals surface area (Å²) >= 11 is 0. The third-order valence-corrected chi connectivity index (χ3v) is 1.24. The lowest BCUT2D eigenvalue weighted by Gasteiger charge is -2.09. The van der Waals surface area contributed by atoms with E-state index in [2.05, 4.69) is 9.73 Å². The van der Waals surface area contributed by atoms with Crippen molar-refractivity contribution in [1.29, 1.82) is 5.26 Å². The molecule has 0 radical (unpaired) electrons. The van der Waals surface area contributed by atoms with Crippen LogP contribution in [0.3, 0.4) is 0 Å². The Morgan fingerprint density at radius 1 is 1.46 bits per heavy atom. The smallest absolute Gasteiger partial charge is 0.286 e. The summed E-state index contributed by atoms with van der Waals surface area (Å²) in [5.41, 5.74) is 0. The highest BCUT2D eigenvalue weighted by atomic mass is 16.5. The minimum absolute atomic E-state index is 0.202. The van der Waals surface area contributed by atoms with E-state index in [1.807, 2.05) is 0 Å². The first kappa shape index (κ1) is 11.6. The molecule has 0 N–H and O–H groups in total. The van der Waals surface area contributed by atoms with Crippen molar-refractivity contribution in [1.82, 2.24) is 0 Å². The van der Waals surface area contributed by atoms with Crippen molar-refractivity contribution in [3.8, 4) is 6.26 Å². The molecule has 0 rings (SSSR count). The first-order valence-electron chi connectivity index (χ1n) is 3.90. The van der Waals surface area contributed by atoms with Crippen molar-refractivity contribution < 1.29 is 14.3 Å². The molecular formula is C8H12N2O3. The molecule has 2 atom stereocenters. The number of ether oxygens (including phenoxy) is 2. The van der Waals surface area contributed by atoms with Crippen LogP contribution in [-0.4, -0.2) is 31.4 Å². The molecule has 0 aliphatic carbocycles.